The molecule has 15 heavy (non-hydrogen) atoms. The third kappa shape index (κ3) is 2.38. The molecule has 1 aromatic rings. The molecule has 0 atom stereocenters. The Bertz CT molecular complexity index is 363. The molecule has 0 aliphatic carbocycles. The summed E-state index contributed by atoms with van der Waals surface area (Å²) in [6.07, 6.45) is -1.93. The Morgan fingerprint density at radius 1 is 1.13 bits per heavy atom. The van der Waals surface area contributed by atoms with Crippen LogP contribution >= 0.6 is 0 Å². The summed E-state index contributed by atoms with van der Waals surface area (Å²) in [5, 5.41) is 20.8. The Balaban J connectivity index is 3.02. The van der Waals surface area contributed by atoms with Gasteiger partial charge in [-0.2, -0.15) is 0 Å². The first-order valence-corrected chi connectivity index (χ1v) is 3.90. The Morgan fingerprint density at radius 3 is 1.93 bits per heavy atom. The molecular formula is C7H8N4O4. The van der Waals surface area contributed by atoms with E-state index in [1.165, 1.54) is 24.3 Å². The summed E-state index contributed by atoms with van der Waals surface area (Å²) in [6, 6.07) is 5.42. The van der Waals surface area contributed by atoms with Gasteiger partial charge in [0.25, 0.3) is 0 Å². The van der Waals surface area contributed by atoms with Crippen molar-refractivity contribution >= 4 is 5.69 Å². The van der Waals surface area contributed by atoms with Gasteiger partial charge in [-0.15, -0.1) is 0 Å². The highest BCUT2D eigenvalue weighted by Crippen LogP contribution is 2.18. The van der Waals surface area contributed by atoms with E-state index in [1.807, 2.05) is 0 Å². The molecule has 0 radical (unpaired) electrons. The number of hydrogen-bond donors (Lipinski definition) is 2. The number of nitrogen functional groups attached to an aromatic ring is 1. The fourth-order valence-electron chi connectivity index (χ4n) is 1.07. The first-order valence-electron chi connectivity index (χ1n) is 3.90. The third-order valence-electron chi connectivity index (χ3n) is 1.77. The van der Waals surface area contributed by atoms with Crippen molar-refractivity contribution in [2.24, 2.45) is 5.84 Å². The number of hydrogen-bond acceptors (Lipinski definition) is 6. The molecule has 0 aliphatic rings. The number of nitrogens with one attached hydrogen (secondary N) is 1. The van der Waals surface area contributed by atoms with Crippen molar-refractivity contribution in [1.29, 1.82) is 0 Å². The van der Waals surface area contributed by atoms with Crippen LogP contribution in [0.5, 0.6) is 0 Å². The largest absolute Gasteiger partial charge is 0.476 e. The average molecular weight is 212 g/mol. The number of nitro groups is 2. The van der Waals surface area contributed by atoms with Gasteiger partial charge >= 0.3 is 6.17 Å². The van der Waals surface area contributed by atoms with Crippen LogP contribution in [-0.2, 0) is 0 Å². The summed E-state index contributed by atoms with van der Waals surface area (Å²) < 4.78 is 0. The first kappa shape index (κ1) is 10.9. The minimum absolute atomic E-state index is 0.00370. The summed E-state index contributed by atoms with van der Waals surface area (Å²) in [5.41, 5.74) is 2.83. The zero-order valence-electron chi connectivity index (χ0n) is 7.49. The van der Waals surface area contributed by atoms with Crippen LogP contribution < -0.4 is 11.3 Å². The van der Waals surface area contributed by atoms with Gasteiger partial charge < -0.3 is 5.43 Å². The van der Waals surface area contributed by atoms with Gasteiger partial charge in [-0.3, -0.25) is 26.1 Å². The maximum absolute atomic E-state index is 10.4. The van der Waals surface area contributed by atoms with Crippen LogP contribution in [-0.4, -0.2) is 9.85 Å². The summed E-state index contributed by atoms with van der Waals surface area (Å²) >= 11 is 0. The molecule has 8 nitrogen and oxygen atoms in total. The smallest absolute Gasteiger partial charge is 0.324 e. The third-order valence-corrected chi connectivity index (χ3v) is 1.77. The minimum atomic E-state index is -1.93. The lowest BCUT2D eigenvalue weighted by Crippen LogP contribution is -2.19. The van der Waals surface area contributed by atoms with Crippen molar-refractivity contribution in [3.05, 3.63) is 50.1 Å². The summed E-state index contributed by atoms with van der Waals surface area (Å²) in [6.45, 7) is 0. The van der Waals surface area contributed by atoms with Crippen molar-refractivity contribution < 1.29 is 9.85 Å². The molecule has 0 saturated carbocycles. The molecule has 0 aliphatic heterocycles. The highest BCUT2D eigenvalue weighted by Gasteiger charge is 2.34. The topological polar surface area (TPSA) is 124 Å². The Labute approximate surface area is 84.0 Å². The Hall–Kier alpha value is -2.22. The first-order chi connectivity index (χ1) is 7.06. The minimum Gasteiger partial charge on any atom is -0.324 e. The summed E-state index contributed by atoms with van der Waals surface area (Å²) in [4.78, 5) is 18.9. The van der Waals surface area contributed by atoms with Crippen LogP contribution in [0.4, 0.5) is 5.69 Å². The fraction of sp³-hybridized carbons (Fsp3) is 0.143. The van der Waals surface area contributed by atoms with Crippen LogP contribution in [0.3, 0.4) is 0 Å². The van der Waals surface area contributed by atoms with E-state index in [9.17, 15) is 20.2 Å². The molecule has 0 bridgehead atoms. The predicted molar refractivity (Wildman–Crippen MR) is 51.0 cm³/mol. The van der Waals surface area contributed by atoms with Crippen LogP contribution in [0.15, 0.2) is 24.3 Å². The lowest BCUT2D eigenvalue weighted by molar-refractivity contribution is -0.752. The van der Waals surface area contributed by atoms with E-state index >= 15 is 0 Å². The van der Waals surface area contributed by atoms with E-state index in [0.29, 0.717) is 5.69 Å². The second kappa shape index (κ2) is 4.33. The normalized spacial score (nSPS) is 10.0. The molecule has 8 heteroatoms. The zero-order valence-corrected chi connectivity index (χ0v) is 7.49. The maximum atomic E-state index is 10.4. The highest BCUT2D eigenvalue weighted by molar-refractivity contribution is 5.43. The maximum Gasteiger partial charge on any atom is 0.476 e. The molecule has 0 unspecified atom stereocenters. The standard InChI is InChI=1S/C7H8N4O4/c8-9-6-3-1-5(2-4-6)7(10(12)13)11(14)15/h1-4,7,9H,8H2. The molecule has 0 heterocycles. The van der Waals surface area contributed by atoms with E-state index in [2.05, 4.69) is 5.43 Å². The number of nitrogens with two attached hydrogens (primary N) is 1. The Morgan fingerprint density at radius 2 is 1.60 bits per heavy atom. The van der Waals surface area contributed by atoms with Crippen LogP contribution in [0.2, 0.25) is 0 Å². The van der Waals surface area contributed by atoms with Crippen molar-refractivity contribution in [2.45, 2.75) is 6.17 Å². The van der Waals surface area contributed by atoms with Gasteiger partial charge in [0, 0.05) is 5.69 Å². The van der Waals surface area contributed by atoms with Crippen LogP contribution in [0.1, 0.15) is 11.7 Å². The molecule has 80 valence electrons. The fourth-order valence-corrected chi connectivity index (χ4v) is 1.07. The van der Waals surface area contributed by atoms with Crippen LogP contribution in [0.25, 0.3) is 0 Å². The summed E-state index contributed by atoms with van der Waals surface area (Å²) in [5.74, 6) is 5.08. The van der Waals surface area contributed by atoms with E-state index in [4.69, 9.17) is 5.84 Å². The van der Waals surface area contributed by atoms with E-state index in [-0.39, 0.29) is 5.56 Å². The van der Waals surface area contributed by atoms with Gasteiger partial charge in [-0.1, -0.05) is 0 Å². The Kier molecular flexibility index (Phi) is 3.13. The molecule has 0 amide bonds. The molecule has 0 spiro atoms. The van der Waals surface area contributed by atoms with Crippen molar-refractivity contribution in [1.82, 2.24) is 0 Å². The van der Waals surface area contributed by atoms with Gasteiger partial charge in [0.05, 0.1) is 0 Å². The van der Waals surface area contributed by atoms with Gasteiger partial charge in [0.1, 0.15) is 15.4 Å². The molecular weight excluding hydrogens is 204 g/mol. The number of rotatable bonds is 4. The molecule has 3 N–H and O–H groups in total. The SMILES string of the molecule is NNc1ccc(C([N+](=O)[O-])[N+](=O)[O-])cc1. The van der Waals surface area contributed by atoms with E-state index in [1.54, 1.807) is 0 Å². The van der Waals surface area contributed by atoms with Gasteiger partial charge in [0.15, 0.2) is 0 Å². The zero-order chi connectivity index (χ0) is 11.4. The number of benzene rings is 1. The van der Waals surface area contributed by atoms with Gasteiger partial charge in [-0.05, 0) is 24.3 Å². The highest BCUT2D eigenvalue weighted by atomic mass is 16.7. The lowest BCUT2D eigenvalue weighted by Gasteiger charge is -2.03. The van der Waals surface area contributed by atoms with Gasteiger partial charge in [-0.25, -0.2) is 0 Å². The van der Waals surface area contributed by atoms with Crippen molar-refractivity contribution in [2.75, 3.05) is 5.43 Å². The van der Waals surface area contributed by atoms with E-state index < -0.39 is 16.0 Å². The predicted octanol–water partition coefficient (Wildman–Crippen LogP) is 0.524. The monoisotopic (exact) mass is 212 g/mol. The van der Waals surface area contributed by atoms with E-state index in [0.717, 1.165) is 0 Å². The quantitative estimate of drug-likeness (QED) is 0.324. The van der Waals surface area contributed by atoms with Crippen LogP contribution in [0, 0.1) is 20.2 Å². The molecule has 0 fully saturated rings. The summed E-state index contributed by atoms with van der Waals surface area (Å²) in [7, 11) is 0. The number of hydrazine groups is 1. The molecule has 1 rings (SSSR count). The van der Waals surface area contributed by atoms with Crippen molar-refractivity contribution in [3.63, 3.8) is 0 Å². The van der Waals surface area contributed by atoms with Crippen molar-refractivity contribution in [3.8, 4) is 0 Å². The average Bonchev–Trinajstić information content (AvgIpc) is 2.18. The molecule has 0 aromatic heterocycles. The number of nitrogens with zero attached hydrogens (tertiary/aromatic N) is 2. The lowest BCUT2D eigenvalue weighted by atomic mass is 10.1. The second-order valence-corrected chi connectivity index (χ2v) is 2.71. The van der Waals surface area contributed by atoms with Gasteiger partial charge in [0.2, 0.25) is 0 Å². The molecule has 0 saturated heterocycles. The number of anilines is 1. The molecule has 1 aromatic carbocycles. The second-order valence-electron chi connectivity index (χ2n) is 2.71.